The fourth-order valence-corrected chi connectivity index (χ4v) is 1.43. The molecule has 0 spiro atoms. The zero-order valence-electron chi connectivity index (χ0n) is 9.25. The van der Waals surface area contributed by atoms with Gasteiger partial charge in [0.2, 0.25) is 0 Å². The Morgan fingerprint density at radius 1 is 1.28 bits per heavy atom. The van der Waals surface area contributed by atoms with E-state index in [4.69, 9.17) is 16.1 Å². The maximum atomic E-state index is 13.0. The fourth-order valence-electron chi connectivity index (χ4n) is 1.34. The topological polar surface area (TPSA) is 38.9 Å². The van der Waals surface area contributed by atoms with Gasteiger partial charge in [-0.25, -0.2) is 13.2 Å². The van der Waals surface area contributed by atoms with Gasteiger partial charge in [-0.05, 0) is 18.6 Å². The van der Waals surface area contributed by atoms with Crippen LogP contribution in [0.15, 0.2) is 16.7 Å². The van der Waals surface area contributed by atoms with Crippen molar-refractivity contribution in [3.63, 3.8) is 0 Å². The molecule has 0 radical (unpaired) electrons. The molecule has 96 valence electrons. The number of halogens is 4. The minimum atomic E-state index is -1.54. The average molecular weight is 277 g/mol. The van der Waals surface area contributed by atoms with Crippen LogP contribution in [0.3, 0.4) is 0 Å². The van der Waals surface area contributed by atoms with Gasteiger partial charge in [0, 0.05) is 5.56 Å². The quantitative estimate of drug-likeness (QED) is 0.631. The zero-order chi connectivity index (χ0) is 13.3. The van der Waals surface area contributed by atoms with Crippen molar-refractivity contribution in [1.82, 2.24) is 10.1 Å². The normalized spacial score (nSPS) is 12.7. The van der Waals surface area contributed by atoms with Crippen LogP contribution in [0.1, 0.15) is 24.5 Å². The molecule has 1 heterocycles. The molecule has 1 aromatic carbocycles. The molecule has 2 aromatic rings. The SMILES string of the molecule is CCC(Cl)c1noc(-c2cc(F)c(F)c(F)c2)n1. The number of nitrogens with zero attached hydrogens (tertiary/aromatic N) is 2. The average Bonchev–Trinajstić information content (AvgIpc) is 2.84. The van der Waals surface area contributed by atoms with Crippen molar-refractivity contribution in [2.45, 2.75) is 18.7 Å². The highest BCUT2D eigenvalue weighted by Crippen LogP contribution is 2.26. The van der Waals surface area contributed by atoms with E-state index in [-0.39, 0.29) is 17.3 Å². The summed E-state index contributed by atoms with van der Waals surface area (Å²) in [5.74, 6) is -4.06. The molecule has 0 saturated heterocycles. The Morgan fingerprint density at radius 2 is 1.89 bits per heavy atom. The summed E-state index contributed by atoms with van der Waals surface area (Å²) in [7, 11) is 0. The lowest BCUT2D eigenvalue weighted by Crippen LogP contribution is -1.93. The number of benzene rings is 1. The van der Waals surface area contributed by atoms with E-state index in [0.29, 0.717) is 6.42 Å². The summed E-state index contributed by atoms with van der Waals surface area (Å²) in [5.41, 5.74) is -0.0369. The van der Waals surface area contributed by atoms with Crippen LogP contribution in [0.5, 0.6) is 0 Å². The summed E-state index contributed by atoms with van der Waals surface area (Å²) >= 11 is 5.89. The molecule has 1 aromatic heterocycles. The second-order valence-electron chi connectivity index (χ2n) is 3.59. The van der Waals surface area contributed by atoms with E-state index in [1.165, 1.54) is 0 Å². The first-order valence-corrected chi connectivity index (χ1v) is 5.59. The Morgan fingerprint density at radius 3 is 2.44 bits per heavy atom. The standard InChI is InChI=1S/C11H8ClF3N2O/c1-2-6(12)10-16-11(18-17-10)5-3-7(13)9(15)8(14)4-5/h3-4,6H,2H2,1H3. The number of alkyl halides is 1. The predicted molar refractivity (Wildman–Crippen MR) is 58.5 cm³/mol. The lowest BCUT2D eigenvalue weighted by Gasteiger charge is -1.98. The zero-order valence-corrected chi connectivity index (χ0v) is 10.0. The Balaban J connectivity index is 2.40. The summed E-state index contributed by atoms with van der Waals surface area (Å²) in [6.45, 7) is 1.82. The van der Waals surface area contributed by atoms with Crippen molar-refractivity contribution in [1.29, 1.82) is 0 Å². The molecule has 0 amide bonds. The summed E-state index contributed by atoms with van der Waals surface area (Å²) in [6, 6.07) is 1.57. The smallest absolute Gasteiger partial charge is 0.258 e. The fraction of sp³-hybridized carbons (Fsp3) is 0.273. The van der Waals surface area contributed by atoms with E-state index in [1.54, 1.807) is 0 Å². The van der Waals surface area contributed by atoms with Gasteiger partial charge < -0.3 is 4.52 Å². The maximum absolute atomic E-state index is 13.0. The van der Waals surface area contributed by atoms with Crippen molar-refractivity contribution < 1.29 is 17.7 Å². The molecular formula is C11H8ClF3N2O. The van der Waals surface area contributed by atoms with Gasteiger partial charge in [-0.3, -0.25) is 0 Å². The Hall–Kier alpha value is -1.56. The minimum Gasteiger partial charge on any atom is -0.334 e. The lowest BCUT2D eigenvalue weighted by molar-refractivity contribution is 0.418. The van der Waals surface area contributed by atoms with Crippen LogP contribution in [0.4, 0.5) is 13.2 Å². The number of rotatable bonds is 3. The largest absolute Gasteiger partial charge is 0.334 e. The molecule has 1 atom stereocenters. The first kappa shape index (κ1) is 12.9. The molecule has 18 heavy (non-hydrogen) atoms. The monoisotopic (exact) mass is 276 g/mol. The molecule has 2 rings (SSSR count). The predicted octanol–water partition coefficient (Wildman–Crippen LogP) is 3.84. The van der Waals surface area contributed by atoms with Crippen LogP contribution >= 0.6 is 11.6 Å². The molecule has 1 unspecified atom stereocenters. The molecule has 0 fully saturated rings. The molecule has 0 saturated carbocycles. The molecule has 0 aliphatic carbocycles. The summed E-state index contributed by atoms with van der Waals surface area (Å²) in [4.78, 5) is 3.90. The molecule has 7 heteroatoms. The van der Waals surface area contributed by atoms with Crippen LogP contribution in [-0.4, -0.2) is 10.1 Å². The van der Waals surface area contributed by atoms with Crippen molar-refractivity contribution in [3.8, 4) is 11.5 Å². The lowest BCUT2D eigenvalue weighted by atomic mass is 10.2. The van der Waals surface area contributed by atoms with Crippen LogP contribution in [0.2, 0.25) is 0 Å². The van der Waals surface area contributed by atoms with E-state index in [2.05, 4.69) is 10.1 Å². The number of hydrogen-bond donors (Lipinski definition) is 0. The first-order chi connectivity index (χ1) is 8.52. The third-order valence-corrected chi connectivity index (χ3v) is 2.81. The molecular weight excluding hydrogens is 269 g/mol. The Kier molecular flexibility index (Phi) is 3.56. The van der Waals surface area contributed by atoms with Gasteiger partial charge in [0.05, 0.1) is 5.38 Å². The maximum Gasteiger partial charge on any atom is 0.258 e. The Bertz CT molecular complexity index is 550. The van der Waals surface area contributed by atoms with Crippen molar-refractivity contribution in [2.24, 2.45) is 0 Å². The van der Waals surface area contributed by atoms with Gasteiger partial charge in [-0.15, -0.1) is 11.6 Å². The Labute approximate surface area is 106 Å². The second kappa shape index (κ2) is 4.97. The van der Waals surface area contributed by atoms with Gasteiger partial charge >= 0.3 is 0 Å². The van der Waals surface area contributed by atoms with Crippen LogP contribution in [0, 0.1) is 17.5 Å². The highest BCUT2D eigenvalue weighted by molar-refractivity contribution is 6.20. The van der Waals surface area contributed by atoms with Crippen LogP contribution in [-0.2, 0) is 0 Å². The number of hydrogen-bond acceptors (Lipinski definition) is 3. The minimum absolute atomic E-state index is 0.0369. The van der Waals surface area contributed by atoms with Gasteiger partial charge in [-0.1, -0.05) is 12.1 Å². The first-order valence-electron chi connectivity index (χ1n) is 5.15. The number of aromatic nitrogens is 2. The molecule has 3 nitrogen and oxygen atoms in total. The van der Waals surface area contributed by atoms with Gasteiger partial charge in [0.1, 0.15) is 0 Å². The molecule has 0 aliphatic rings. The van der Waals surface area contributed by atoms with E-state index < -0.39 is 22.8 Å². The van der Waals surface area contributed by atoms with E-state index >= 15 is 0 Å². The van der Waals surface area contributed by atoms with Gasteiger partial charge in [0.25, 0.3) is 5.89 Å². The van der Waals surface area contributed by atoms with E-state index in [0.717, 1.165) is 12.1 Å². The summed E-state index contributed by atoms with van der Waals surface area (Å²) in [5, 5.41) is 3.14. The molecule has 0 N–H and O–H groups in total. The van der Waals surface area contributed by atoms with Crippen LogP contribution < -0.4 is 0 Å². The summed E-state index contributed by atoms with van der Waals surface area (Å²) in [6.07, 6.45) is 0.576. The van der Waals surface area contributed by atoms with Crippen molar-refractivity contribution in [2.75, 3.05) is 0 Å². The van der Waals surface area contributed by atoms with Gasteiger partial charge in [0.15, 0.2) is 23.3 Å². The van der Waals surface area contributed by atoms with E-state index in [9.17, 15) is 13.2 Å². The van der Waals surface area contributed by atoms with Crippen molar-refractivity contribution in [3.05, 3.63) is 35.4 Å². The molecule has 0 bridgehead atoms. The van der Waals surface area contributed by atoms with Gasteiger partial charge in [-0.2, -0.15) is 4.98 Å². The third kappa shape index (κ3) is 2.33. The van der Waals surface area contributed by atoms with E-state index in [1.807, 2.05) is 6.92 Å². The van der Waals surface area contributed by atoms with Crippen LogP contribution in [0.25, 0.3) is 11.5 Å². The highest BCUT2D eigenvalue weighted by Gasteiger charge is 2.18. The third-order valence-electron chi connectivity index (χ3n) is 2.31. The second-order valence-corrected chi connectivity index (χ2v) is 4.11. The molecule has 0 aliphatic heterocycles. The summed E-state index contributed by atoms with van der Waals surface area (Å²) < 4.78 is 43.7. The van der Waals surface area contributed by atoms with Crippen molar-refractivity contribution >= 4 is 11.6 Å². The highest BCUT2D eigenvalue weighted by atomic mass is 35.5.